The van der Waals surface area contributed by atoms with Crippen LogP contribution in [0.25, 0.3) is 0 Å². The van der Waals surface area contributed by atoms with E-state index in [0.717, 1.165) is 19.3 Å². The van der Waals surface area contributed by atoms with Gasteiger partial charge in [-0.3, -0.25) is 10.2 Å². The van der Waals surface area contributed by atoms with Crippen LogP contribution in [-0.4, -0.2) is 11.9 Å². The number of amides is 3. The first-order valence-electron chi connectivity index (χ1n) is 8.23. The van der Waals surface area contributed by atoms with Gasteiger partial charge in [-0.05, 0) is 24.6 Å². The Morgan fingerprint density at radius 3 is 2.39 bits per heavy atom. The third-order valence-corrected chi connectivity index (χ3v) is 3.64. The second-order valence-corrected chi connectivity index (χ2v) is 5.95. The van der Waals surface area contributed by atoms with Crippen molar-refractivity contribution in [2.24, 2.45) is 0 Å². The van der Waals surface area contributed by atoms with Crippen molar-refractivity contribution < 1.29 is 9.59 Å². The van der Waals surface area contributed by atoms with E-state index in [0.29, 0.717) is 17.1 Å². The first-order valence-corrected chi connectivity index (χ1v) is 8.61. The number of anilines is 1. The second kappa shape index (κ2) is 11.8. The number of unbranched alkanes of at least 4 members (excludes halogenated alkanes) is 6. The third-order valence-electron chi connectivity index (χ3n) is 3.41. The quantitative estimate of drug-likeness (QED) is 0.453. The first kappa shape index (κ1) is 19.3. The minimum Gasteiger partial charge on any atom is -0.307 e. The summed E-state index contributed by atoms with van der Waals surface area (Å²) in [4.78, 5) is 23.2. The lowest BCUT2D eigenvalue weighted by Gasteiger charge is -2.09. The number of carbonyl (C=O) groups excluding carboxylic acids is 2. The molecule has 0 unspecified atom stereocenters. The molecule has 0 atom stereocenters. The summed E-state index contributed by atoms with van der Waals surface area (Å²) in [5.74, 6) is -0.181. The van der Waals surface area contributed by atoms with Crippen molar-refractivity contribution in [2.75, 3.05) is 5.32 Å². The van der Waals surface area contributed by atoms with Gasteiger partial charge in [-0.15, -0.1) is 0 Å². The lowest BCUT2D eigenvalue weighted by molar-refractivity contribution is -0.121. The van der Waals surface area contributed by atoms with Gasteiger partial charge < -0.3 is 5.32 Å². The van der Waals surface area contributed by atoms with E-state index in [9.17, 15) is 9.59 Å². The highest BCUT2D eigenvalue weighted by Crippen LogP contribution is 2.14. The minimum absolute atomic E-state index is 0.181. The van der Waals surface area contributed by atoms with Crippen LogP contribution in [0.2, 0.25) is 5.02 Å². The second-order valence-electron chi connectivity index (χ2n) is 5.51. The summed E-state index contributed by atoms with van der Waals surface area (Å²) in [6, 6.07) is 6.29. The molecule has 6 heteroatoms. The average molecular weight is 340 g/mol. The molecule has 0 heterocycles. The molecule has 1 aromatic carbocycles. The lowest BCUT2D eigenvalue weighted by Crippen LogP contribution is -2.43. The van der Waals surface area contributed by atoms with Crippen LogP contribution >= 0.6 is 11.6 Å². The largest absolute Gasteiger partial charge is 0.337 e. The van der Waals surface area contributed by atoms with Gasteiger partial charge in [0.15, 0.2) is 0 Å². The SMILES string of the molecule is CCCCCCCCCC(=O)NNC(=O)Nc1cccc(Cl)c1. The molecule has 0 fully saturated rings. The number of benzene rings is 1. The molecule has 23 heavy (non-hydrogen) atoms. The van der Waals surface area contributed by atoms with Gasteiger partial charge in [0.25, 0.3) is 0 Å². The van der Waals surface area contributed by atoms with Crippen LogP contribution in [-0.2, 0) is 4.79 Å². The molecule has 0 saturated heterocycles. The highest BCUT2D eigenvalue weighted by atomic mass is 35.5. The van der Waals surface area contributed by atoms with Crippen molar-refractivity contribution in [3.8, 4) is 0 Å². The Bertz CT molecular complexity index is 494. The minimum atomic E-state index is -0.500. The maximum Gasteiger partial charge on any atom is 0.337 e. The van der Waals surface area contributed by atoms with Crippen molar-refractivity contribution in [1.82, 2.24) is 10.9 Å². The van der Waals surface area contributed by atoms with Crippen LogP contribution in [0.15, 0.2) is 24.3 Å². The fourth-order valence-electron chi connectivity index (χ4n) is 2.16. The Hall–Kier alpha value is -1.75. The Morgan fingerprint density at radius 2 is 1.70 bits per heavy atom. The smallest absolute Gasteiger partial charge is 0.307 e. The summed E-state index contributed by atoms with van der Waals surface area (Å²) in [7, 11) is 0. The van der Waals surface area contributed by atoms with Crippen LogP contribution in [0.3, 0.4) is 0 Å². The van der Waals surface area contributed by atoms with Gasteiger partial charge in [0.05, 0.1) is 0 Å². The van der Waals surface area contributed by atoms with E-state index in [1.807, 2.05) is 0 Å². The molecular formula is C17H26ClN3O2. The van der Waals surface area contributed by atoms with E-state index in [4.69, 9.17) is 11.6 Å². The molecular weight excluding hydrogens is 314 g/mol. The fraction of sp³-hybridized carbons (Fsp3) is 0.529. The summed E-state index contributed by atoms with van der Waals surface area (Å²) >= 11 is 5.83. The number of halogens is 1. The molecule has 3 amide bonds. The van der Waals surface area contributed by atoms with Crippen molar-refractivity contribution in [2.45, 2.75) is 58.3 Å². The van der Waals surface area contributed by atoms with E-state index in [-0.39, 0.29) is 5.91 Å². The lowest BCUT2D eigenvalue weighted by atomic mass is 10.1. The van der Waals surface area contributed by atoms with Crippen LogP contribution in [0, 0.1) is 0 Å². The van der Waals surface area contributed by atoms with Crippen LogP contribution in [0.4, 0.5) is 10.5 Å². The highest BCUT2D eigenvalue weighted by molar-refractivity contribution is 6.30. The van der Waals surface area contributed by atoms with E-state index >= 15 is 0 Å². The van der Waals surface area contributed by atoms with Crippen molar-refractivity contribution in [3.05, 3.63) is 29.3 Å². The molecule has 3 N–H and O–H groups in total. The summed E-state index contributed by atoms with van der Waals surface area (Å²) in [5.41, 5.74) is 5.29. The summed E-state index contributed by atoms with van der Waals surface area (Å²) < 4.78 is 0. The Balaban J connectivity index is 2.07. The fourth-order valence-corrected chi connectivity index (χ4v) is 2.35. The van der Waals surface area contributed by atoms with Crippen LogP contribution in [0.1, 0.15) is 58.3 Å². The first-order chi connectivity index (χ1) is 11.1. The number of hydrazine groups is 1. The highest BCUT2D eigenvalue weighted by Gasteiger charge is 2.05. The van der Waals surface area contributed by atoms with Crippen molar-refractivity contribution in [1.29, 1.82) is 0 Å². The van der Waals surface area contributed by atoms with Crippen molar-refractivity contribution in [3.63, 3.8) is 0 Å². The standard InChI is InChI=1S/C17H26ClN3O2/c1-2-3-4-5-6-7-8-12-16(22)20-21-17(23)19-15-11-9-10-14(18)13-15/h9-11,13H,2-8,12H2,1H3,(H,20,22)(H2,19,21,23). The van der Waals surface area contributed by atoms with Gasteiger partial charge >= 0.3 is 6.03 Å². The van der Waals surface area contributed by atoms with Gasteiger partial charge in [0.1, 0.15) is 0 Å². The maximum absolute atomic E-state index is 11.6. The summed E-state index contributed by atoms with van der Waals surface area (Å²) in [6.45, 7) is 2.19. The number of carbonyl (C=O) groups is 2. The molecule has 0 aliphatic carbocycles. The van der Waals surface area contributed by atoms with E-state index in [2.05, 4.69) is 23.1 Å². The zero-order valence-electron chi connectivity index (χ0n) is 13.7. The molecule has 5 nitrogen and oxygen atoms in total. The molecule has 1 rings (SSSR count). The Morgan fingerprint density at radius 1 is 1.00 bits per heavy atom. The zero-order valence-corrected chi connectivity index (χ0v) is 14.4. The summed E-state index contributed by atoms with van der Waals surface area (Å²) in [6.07, 6.45) is 8.50. The molecule has 128 valence electrons. The number of urea groups is 1. The van der Waals surface area contributed by atoms with Gasteiger partial charge in [0, 0.05) is 17.1 Å². The predicted molar refractivity (Wildman–Crippen MR) is 94.4 cm³/mol. The molecule has 0 bridgehead atoms. The van der Waals surface area contributed by atoms with Crippen molar-refractivity contribution >= 4 is 29.2 Å². The predicted octanol–water partition coefficient (Wildman–Crippen LogP) is 4.63. The molecule has 1 aromatic rings. The number of nitrogens with one attached hydrogen (secondary N) is 3. The Labute approximate surface area is 143 Å². The number of rotatable bonds is 9. The summed E-state index contributed by atoms with van der Waals surface area (Å²) in [5, 5.41) is 3.12. The number of hydrogen-bond donors (Lipinski definition) is 3. The number of hydrogen-bond acceptors (Lipinski definition) is 2. The van der Waals surface area contributed by atoms with E-state index in [1.54, 1.807) is 24.3 Å². The topological polar surface area (TPSA) is 70.2 Å². The Kier molecular flexibility index (Phi) is 9.87. The van der Waals surface area contributed by atoms with E-state index in [1.165, 1.54) is 25.7 Å². The van der Waals surface area contributed by atoms with Crippen LogP contribution < -0.4 is 16.2 Å². The van der Waals surface area contributed by atoms with Gasteiger partial charge in [-0.25, -0.2) is 10.2 Å². The monoisotopic (exact) mass is 339 g/mol. The third kappa shape index (κ3) is 9.79. The molecule has 0 saturated carbocycles. The van der Waals surface area contributed by atoms with Gasteiger partial charge in [0.2, 0.25) is 5.91 Å². The maximum atomic E-state index is 11.6. The molecule has 0 spiro atoms. The normalized spacial score (nSPS) is 10.2. The van der Waals surface area contributed by atoms with Gasteiger partial charge in [-0.2, -0.15) is 0 Å². The van der Waals surface area contributed by atoms with Gasteiger partial charge in [-0.1, -0.05) is 63.1 Å². The van der Waals surface area contributed by atoms with E-state index < -0.39 is 6.03 Å². The molecule has 0 radical (unpaired) electrons. The zero-order chi connectivity index (χ0) is 16.9. The van der Waals surface area contributed by atoms with Crippen LogP contribution in [0.5, 0.6) is 0 Å². The molecule has 0 aromatic heterocycles. The average Bonchev–Trinajstić information content (AvgIpc) is 2.52. The molecule has 0 aliphatic rings. The molecule has 0 aliphatic heterocycles.